The molecule has 2 aliphatic heterocycles. The van der Waals surface area contributed by atoms with E-state index in [1.807, 2.05) is 18.2 Å². The fourth-order valence-corrected chi connectivity index (χ4v) is 4.30. The molecule has 2 aromatic carbocycles. The molecule has 0 aliphatic carbocycles. The standard InChI is InChI=1S/C25H28FN3O2/c1-18-4-2-3-5-21(18)17-29-15-12-27-25(31)23(29)16-24(30)28-13-10-20(11-14-28)19-6-8-22(26)9-7-19/h2-10,23H,11-17H2,1H3,(H,27,31)/t23-/m0/s1. The number of amides is 2. The highest BCUT2D eigenvalue weighted by Gasteiger charge is 2.33. The van der Waals surface area contributed by atoms with Gasteiger partial charge in [-0.05, 0) is 47.7 Å². The maximum atomic E-state index is 13.2. The molecule has 1 fully saturated rings. The van der Waals surface area contributed by atoms with Crippen LogP contribution in [0.4, 0.5) is 4.39 Å². The van der Waals surface area contributed by atoms with Gasteiger partial charge in [0, 0.05) is 32.7 Å². The van der Waals surface area contributed by atoms with Gasteiger partial charge in [-0.1, -0.05) is 42.5 Å². The van der Waals surface area contributed by atoms with Crippen molar-refractivity contribution >= 4 is 17.4 Å². The zero-order chi connectivity index (χ0) is 21.8. The molecule has 0 unspecified atom stereocenters. The lowest BCUT2D eigenvalue weighted by Crippen LogP contribution is -2.56. The molecule has 1 saturated heterocycles. The molecule has 2 heterocycles. The monoisotopic (exact) mass is 421 g/mol. The summed E-state index contributed by atoms with van der Waals surface area (Å²) in [5, 5.41) is 2.91. The summed E-state index contributed by atoms with van der Waals surface area (Å²) in [6, 6.07) is 14.2. The van der Waals surface area contributed by atoms with E-state index in [2.05, 4.69) is 29.3 Å². The molecular weight excluding hydrogens is 393 g/mol. The van der Waals surface area contributed by atoms with Gasteiger partial charge in [0.2, 0.25) is 11.8 Å². The van der Waals surface area contributed by atoms with Gasteiger partial charge in [-0.25, -0.2) is 4.39 Å². The van der Waals surface area contributed by atoms with Crippen LogP contribution in [0.3, 0.4) is 0 Å². The number of piperazine rings is 1. The predicted octanol–water partition coefficient (Wildman–Crippen LogP) is 3.14. The van der Waals surface area contributed by atoms with Crippen LogP contribution in [0.1, 0.15) is 29.5 Å². The Morgan fingerprint density at radius 1 is 1.13 bits per heavy atom. The van der Waals surface area contributed by atoms with Crippen molar-refractivity contribution in [3.63, 3.8) is 0 Å². The molecule has 0 radical (unpaired) electrons. The van der Waals surface area contributed by atoms with Gasteiger partial charge in [-0.3, -0.25) is 14.5 Å². The van der Waals surface area contributed by atoms with Gasteiger partial charge in [0.25, 0.3) is 0 Å². The second-order valence-corrected chi connectivity index (χ2v) is 8.23. The van der Waals surface area contributed by atoms with Crippen LogP contribution in [0.2, 0.25) is 0 Å². The minimum Gasteiger partial charge on any atom is -0.353 e. The first-order valence-electron chi connectivity index (χ1n) is 10.8. The largest absolute Gasteiger partial charge is 0.353 e. The van der Waals surface area contributed by atoms with Crippen LogP contribution in [0, 0.1) is 12.7 Å². The average molecular weight is 422 g/mol. The Morgan fingerprint density at radius 3 is 2.61 bits per heavy atom. The quantitative estimate of drug-likeness (QED) is 0.807. The molecule has 2 aliphatic rings. The minimum absolute atomic E-state index is 0.00811. The van der Waals surface area contributed by atoms with E-state index in [4.69, 9.17) is 0 Å². The molecule has 0 spiro atoms. The SMILES string of the molecule is Cc1ccccc1CN1CCNC(=O)[C@@H]1CC(=O)N1CC=C(c2ccc(F)cc2)CC1. The number of rotatable bonds is 5. The summed E-state index contributed by atoms with van der Waals surface area (Å²) >= 11 is 0. The lowest BCUT2D eigenvalue weighted by atomic mass is 9.98. The second-order valence-electron chi connectivity index (χ2n) is 8.23. The van der Waals surface area contributed by atoms with Crippen LogP contribution in [-0.2, 0) is 16.1 Å². The summed E-state index contributed by atoms with van der Waals surface area (Å²) in [6.07, 6.45) is 2.93. The van der Waals surface area contributed by atoms with Crippen LogP contribution in [0.15, 0.2) is 54.6 Å². The number of hydrogen-bond acceptors (Lipinski definition) is 3. The fraction of sp³-hybridized carbons (Fsp3) is 0.360. The number of benzene rings is 2. The molecule has 31 heavy (non-hydrogen) atoms. The van der Waals surface area contributed by atoms with Gasteiger partial charge in [0.1, 0.15) is 5.82 Å². The van der Waals surface area contributed by atoms with E-state index in [0.29, 0.717) is 26.2 Å². The highest BCUT2D eigenvalue weighted by atomic mass is 19.1. The summed E-state index contributed by atoms with van der Waals surface area (Å²) in [4.78, 5) is 29.5. The van der Waals surface area contributed by atoms with Crippen molar-refractivity contribution in [2.24, 2.45) is 0 Å². The van der Waals surface area contributed by atoms with E-state index in [1.54, 1.807) is 17.0 Å². The Hall–Kier alpha value is -2.99. The lowest BCUT2D eigenvalue weighted by Gasteiger charge is -2.36. The van der Waals surface area contributed by atoms with E-state index in [0.717, 1.165) is 24.1 Å². The molecule has 1 atom stereocenters. The Balaban J connectivity index is 1.40. The number of carbonyl (C=O) groups is 2. The fourth-order valence-electron chi connectivity index (χ4n) is 4.30. The molecule has 4 rings (SSSR count). The zero-order valence-corrected chi connectivity index (χ0v) is 17.8. The highest BCUT2D eigenvalue weighted by Crippen LogP contribution is 2.24. The van der Waals surface area contributed by atoms with E-state index in [1.165, 1.54) is 23.3 Å². The zero-order valence-electron chi connectivity index (χ0n) is 17.8. The van der Waals surface area contributed by atoms with Crippen LogP contribution in [0.5, 0.6) is 0 Å². The summed E-state index contributed by atoms with van der Waals surface area (Å²) in [6.45, 7) is 5.17. The topological polar surface area (TPSA) is 52.7 Å². The second kappa shape index (κ2) is 9.43. The number of hydrogen-bond donors (Lipinski definition) is 1. The summed E-state index contributed by atoms with van der Waals surface area (Å²) < 4.78 is 13.2. The first kappa shape index (κ1) is 21.2. The highest BCUT2D eigenvalue weighted by molar-refractivity contribution is 5.89. The number of nitrogens with zero attached hydrogens (tertiary/aromatic N) is 2. The Bertz CT molecular complexity index is 987. The van der Waals surface area contributed by atoms with Crippen LogP contribution in [0.25, 0.3) is 5.57 Å². The van der Waals surface area contributed by atoms with Crippen molar-refractivity contribution in [1.29, 1.82) is 0 Å². The molecule has 0 aromatic heterocycles. The first-order chi connectivity index (χ1) is 15.0. The Labute approximate surface area is 182 Å². The molecule has 5 nitrogen and oxygen atoms in total. The van der Waals surface area contributed by atoms with Gasteiger partial charge in [-0.15, -0.1) is 0 Å². The van der Waals surface area contributed by atoms with Gasteiger partial charge in [0.05, 0.1) is 12.5 Å². The van der Waals surface area contributed by atoms with Crippen molar-refractivity contribution in [3.8, 4) is 0 Å². The maximum Gasteiger partial charge on any atom is 0.237 e. The van der Waals surface area contributed by atoms with Crippen LogP contribution >= 0.6 is 0 Å². The lowest BCUT2D eigenvalue weighted by molar-refractivity contribution is -0.138. The Morgan fingerprint density at radius 2 is 1.90 bits per heavy atom. The molecular formula is C25H28FN3O2. The molecule has 162 valence electrons. The van der Waals surface area contributed by atoms with Gasteiger partial charge < -0.3 is 10.2 Å². The van der Waals surface area contributed by atoms with Crippen molar-refractivity contribution in [1.82, 2.24) is 15.1 Å². The van der Waals surface area contributed by atoms with Crippen LogP contribution < -0.4 is 5.32 Å². The number of nitrogens with one attached hydrogen (secondary N) is 1. The van der Waals surface area contributed by atoms with E-state index >= 15 is 0 Å². The van der Waals surface area contributed by atoms with Crippen molar-refractivity contribution in [3.05, 3.63) is 77.1 Å². The molecule has 6 heteroatoms. The minimum atomic E-state index is -0.455. The first-order valence-corrected chi connectivity index (χ1v) is 10.8. The Kier molecular flexibility index (Phi) is 6.47. The smallest absolute Gasteiger partial charge is 0.237 e. The third-order valence-corrected chi connectivity index (χ3v) is 6.22. The summed E-state index contributed by atoms with van der Waals surface area (Å²) in [5.74, 6) is -0.336. The van der Waals surface area contributed by atoms with Gasteiger partial charge >= 0.3 is 0 Å². The normalized spacial score (nSPS) is 19.7. The van der Waals surface area contributed by atoms with Gasteiger partial charge in [0.15, 0.2) is 0 Å². The van der Waals surface area contributed by atoms with E-state index in [-0.39, 0.29) is 24.1 Å². The molecule has 2 amide bonds. The third kappa shape index (κ3) is 5.02. The third-order valence-electron chi connectivity index (χ3n) is 6.22. The molecule has 2 aromatic rings. The van der Waals surface area contributed by atoms with Gasteiger partial charge in [-0.2, -0.15) is 0 Å². The maximum absolute atomic E-state index is 13.2. The molecule has 0 saturated carbocycles. The summed E-state index contributed by atoms with van der Waals surface area (Å²) in [7, 11) is 0. The van der Waals surface area contributed by atoms with Crippen molar-refractivity contribution in [2.75, 3.05) is 26.2 Å². The number of carbonyl (C=O) groups excluding carboxylic acids is 2. The van der Waals surface area contributed by atoms with Crippen molar-refractivity contribution < 1.29 is 14.0 Å². The average Bonchev–Trinajstić information content (AvgIpc) is 2.78. The number of halogens is 1. The van der Waals surface area contributed by atoms with Crippen LogP contribution in [-0.4, -0.2) is 53.8 Å². The van der Waals surface area contributed by atoms with Crippen molar-refractivity contribution in [2.45, 2.75) is 32.4 Å². The molecule has 1 N–H and O–H groups in total. The summed E-state index contributed by atoms with van der Waals surface area (Å²) in [5.41, 5.74) is 4.48. The molecule has 0 bridgehead atoms. The predicted molar refractivity (Wildman–Crippen MR) is 119 cm³/mol. The van der Waals surface area contributed by atoms with E-state index in [9.17, 15) is 14.0 Å². The number of aryl methyl sites for hydroxylation is 1. The van der Waals surface area contributed by atoms with E-state index < -0.39 is 6.04 Å².